The van der Waals surface area contributed by atoms with E-state index in [0.717, 1.165) is 256 Å². The fourth-order valence-electron chi connectivity index (χ4n) is 22.6. The number of benzene rings is 6. The molecule has 0 spiro atoms. The first-order valence-corrected chi connectivity index (χ1v) is 47.9. The number of fused-ring (bicyclic) bond motifs is 19. The fraction of sp³-hybridized carbons (Fsp3) is 0.315. The molecule has 0 fully saturated rings. The lowest BCUT2D eigenvalue weighted by Gasteiger charge is -2.23. The molecule has 4 N–H and O–H groups in total. The lowest BCUT2D eigenvalue weighted by atomic mass is 9.80. The summed E-state index contributed by atoms with van der Waals surface area (Å²) in [5.74, 6) is 0. The van der Waals surface area contributed by atoms with Gasteiger partial charge < -0.3 is 19.9 Å². The molecule has 0 radical (unpaired) electrons. The zero-order chi connectivity index (χ0) is 91.0. The van der Waals surface area contributed by atoms with Crippen molar-refractivity contribution in [2.24, 2.45) is 20.7 Å². The normalized spacial score (nSPS) is 13.5. The molecule has 6 aromatic carbocycles. The van der Waals surface area contributed by atoms with Crippen LogP contribution < -0.4 is 5.46 Å². The van der Waals surface area contributed by atoms with E-state index in [-0.39, 0.29) is 0 Å². The summed E-state index contributed by atoms with van der Waals surface area (Å²) in [6.45, 7) is 40.9. The van der Waals surface area contributed by atoms with Crippen molar-refractivity contribution in [3.05, 3.63) is 259 Å². The highest BCUT2D eigenvalue weighted by Crippen LogP contribution is 2.57. The molecule has 652 valence electrons. The second-order valence-electron chi connectivity index (χ2n) is 34.9. The number of hydrogen-bond donors (Lipinski definition) is 4. The molecule has 17 rings (SSSR count). The summed E-state index contributed by atoms with van der Waals surface area (Å²) in [6.07, 6.45) is 11.4. The largest absolute Gasteiger partial charge is 0.355 e. The van der Waals surface area contributed by atoms with Crippen molar-refractivity contribution in [3.8, 4) is 77.9 Å². The quantitative estimate of drug-likeness (QED) is 0.0300. The van der Waals surface area contributed by atoms with Crippen LogP contribution >= 0.6 is 15.9 Å². The topological polar surface area (TPSA) is 232 Å². The van der Waals surface area contributed by atoms with E-state index in [1.54, 1.807) is 0 Å². The molecule has 16 bridgehead atoms. The van der Waals surface area contributed by atoms with E-state index in [1.807, 2.05) is 97.1 Å². The van der Waals surface area contributed by atoms with E-state index < -0.39 is 5.41 Å². The molecular weight excluding hydrogens is 1660 g/mol. The summed E-state index contributed by atoms with van der Waals surface area (Å²) in [5.41, 5.74) is 52.0. The predicted molar refractivity (Wildman–Crippen MR) is 548 cm³/mol. The molecule has 0 atom stereocenters. The van der Waals surface area contributed by atoms with E-state index in [2.05, 4.69) is 225 Å². The Kier molecular flexibility index (Phi) is 24.6. The maximum atomic E-state index is 12.4. The number of nitroso groups, excluding NO2 is 4. The van der Waals surface area contributed by atoms with Crippen molar-refractivity contribution in [1.82, 2.24) is 39.9 Å². The second-order valence-corrected chi connectivity index (χ2v) is 35.7. The van der Waals surface area contributed by atoms with Crippen LogP contribution in [-0.4, -0.2) is 47.7 Å². The Morgan fingerprint density at radius 1 is 0.264 bits per heavy atom. The third kappa shape index (κ3) is 14.0. The lowest BCUT2D eigenvalue weighted by molar-refractivity contribution is 0.661. The number of rotatable bonds is 26. The van der Waals surface area contributed by atoms with Crippen LogP contribution in [0.4, 0.5) is 22.7 Å². The zero-order valence-electron chi connectivity index (χ0n) is 78.1. The Morgan fingerprint density at radius 2 is 0.465 bits per heavy atom. The van der Waals surface area contributed by atoms with E-state index in [0.29, 0.717) is 80.5 Å². The Labute approximate surface area is 765 Å². The number of H-pyrrole nitrogens is 4. The maximum Gasteiger partial charge on any atom is 0.144 e. The Morgan fingerprint density at radius 3 is 0.721 bits per heavy atom. The van der Waals surface area contributed by atoms with Gasteiger partial charge in [0.25, 0.3) is 0 Å². The first-order chi connectivity index (χ1) is 62.7. The number of aromatic amines is 4. The van der Waals surface area contributed by atoms with Gasteiger partial charge in [-0.1, -0.05) is 197 Å². The molecule has 6 aromatic heterocycles. The molecule has 5 aliphatic rings. The minimum atomic E-state index is -0.623. The summed E-state index contributed by atoms with van der Waals surface area (Å²) < 4.78 is 0.882. The van der Waals surface area contributed by atoms with Gasteiger partial charge in [0.05, 0.1) is 88.6 Å². The number of allylic oxidation sites excluding steroid dienone is 8. The summed E-state index contributed by atoms with van der Waals surface area (Å²) in [6, 6.07) is 45.3. The molecule has 4 aliphatic heterocycles. The highest BCUT2D eigenvalue weighted by molar-refractivity contribution is 9.10. The van der Waals surface area contributed by atoms with Crippen molar-refractivity contribution >= 4 is 141 Å². The SMILES string of the molecule is Bc1c2nc(c(-c3ccc(N=O)cc3)c3[nH]c(c(CC)c3CC)c(-c3ccc4c(c3)C(C)(C)c3cc(-c5c6nc(c(-c7ccc(N=O)cc7)c7[nH]c(c(Br)c8nc(c(-c9ccc(N=O)cc9)c9[nH]c5c(CC)c9CC)C(CC)=C8CC)c(CC)c7CC)C(CC)=C6CC)ccc3-4)c3nc(c(-c4ccc(N=O)cc4)c4[nH]c1c(CC)c4CC)C(CC)=C3CC)C(CC)=C2CC. The summed E-state index contributed by atoms with van der Waals surface area (Å²) in [4.78, 5) is 91.2. The monoisotopic (exact) mass is 1770 g/mol. The average Bonchev–Trinajstić information content (AvgIpc) is 1.55. The van der Waals surface area contributed by atoms with Gasteiger partial charge in [-0.3, -0.25) is 0 Å². The average molecular weight is 1770 g/mol. The second kappa shape index (κ2) is 35.8. The molecule has 16 nitrogen and oxygen atoms in total. The van der Waals surface area contributed by atoms with Gasteiger partial charge in [-0.05, 0) is 350 Å². The number of aromatic nitrogens is 8. The number of nitrogens with one attached hydrogen (secondary N) is 4. The molecule has 12 aromatic rings. The number of hydrogen-bond acceptors (Lipinski definition) is 12. The standard InChI is InChI=1S/C111H114BBrN12O4/c1-19-67-71(23-5)103-91(104-72(24-6)68(20-2)96(115-104)88(58-37-47-64(123-127)48-38-58)100-76(28-10)80(32-14)108(119-100)93(112)107-79(31-13)75(27-9)99(118-107)87(95(67)114-103)57-35-45-63(122-126)46-36-57)61-43-53-83-84-54-44-62(56-86(84)111(17,18)85(83)55-61)92-105-73(25-7)69(21-3)97(116-105)89(59-39-49-65(124-128)50-40-59)101-77(29-11)81(33-15)109(120-101)94(113)110-82(34-16)78(30-12)102(121-110)90(60-41-51-66(125-129)52-42-60)98-70(22-4)74(26-8)106(92)117-98/h35-56,114,116,119,121H,19-34,112H2,1-18H3. The minimum Gasteiger partial charge on any atom is -0.355 e. The van der Waals surface area contributed by atoms with Crippen LogP contribution in [0.15, 0.2) is 159 Å². The van der Waals surface area contributed by atoms with Crippen molar-refractivity contribution in [2.45, 2.75) is 233 Å². The Balaban J connectivity index is 1.02. The van der Waals surface area contributed by atoms with Crippen LogP contribution in [0.25, 0.3) is 167 Å². The van der Waals surface area contributed by atoms with Crippen molar-refractivity contribution in [1.29, 1.82) is 0 Å². The summed E-state index contributed by atoms with van der Waals surface area (Å²) in [7, 11) is 2.24. The molecule has 0 saturated carbocycles. The molecule has 0 saturated heterocycles. The number of nitrogens with zero attached hydrogens (tertiary/aromatic N) is 8. The Hall–Kier alpha value is -12.5. The maximum absolute atomic E-state index is 12.4. The fourth-order valence-corrected chi connectivity index (χ4v) is 23.2. The Bertz CT molecular complexity index is 6700. The highest BCUT2D eigenvalue weighted by Gasteiger charge is 2.40. The molecule has 1 aliphatic carbocycles. The van der Waals surface area contributed by atoms with E-state index in [1.165, 1.54) is 66.8 Å². The molecule has 10 heterocycles. The van der Waals surface area contributed by atoms with Gasteiger partial charge in [0, 0.05) is 44.3 Å². The van der Waals surface area contributed by atoms with Crippen molar-refractivity contribution in [3.63, 3.8) is 0 Å². The van der Waals surface area contributed by atoms with Crippen LogP contribution in [0.2, 0.25) is 0 Å². The van der Waals surface area contributed by atoms with Crippen molar-refractivity contribution in [2.75, 3.05) is 0 Å². The van der Waals surface area contributed by atoms with E-state index >= 15 is 0 Å². The predicted octanol–water partition coefficient (Wildman–Crippen LogP) is 31.3. The summed E-state index contributed by atoms with van der Waals surface area (Å²) in [5, 5.41) is 13.7. The molecular formula is C111H114BBrN12O4. The molecule has 18 heteroatoms. The first-order valence-electron chi connectivity index (χ1n) is 47.1. The van der Waals surface area contributed by atoms with Crippen LogP contribution in [0.1, 0.15) is 277 Å². The van der Waals surface area contributed by atoms with E-state index in [4.69, 9.17) is 19.9 Å². The van der Waals surface area contributed by atoms with Gasteiger partial charge in [0.2, 0.25) is 0 Å². The number of halogens is 1. The third-order valence-corrected chi connectivity index (χ3v) is 29.3. The third-order valence-electron chi connectivity index (χ3n) is 28.5. The van der Waals surface area contributed by atoms with Crippen molar-refractivity contribution < 1.29 is 0 Å². The highest BCUT2D eigenvalue weighted by atomic mass is 79.9. The minimum absolute atomic E-state index is 0.345. The van der Waals surface area contributed by atoms with Gasteiger partial charge in [-0.2, -0.15) is 0 Å². The zero-order valence-corrected chi connectivity index (χ0v) is 79.7. The molecule has 0 unspecified atom stereocenters. The van der Waals surface area contributed by atoms with Gasteiger partial charge >= 0.3 is 0 Å². The van der Waals surface area contributed by atoms with Crippen LogP contribution in [0.5, 0.6) is 0 Å². The van der Waals surface area contributed by atoms with Crippen LogP contribution in [-0.2, 0) is 56.8 Å². The molecule has 0 amide bonds. The van der Waals surface area contributed by atoms with Crippen LogP contribution in [0.3, 0.4) is 0 Å². The summed E-state index contributed by atoms with van der Waals surface area (Å²) >= 11 is 4.34. The lowest BCUT2D eigenvalue weighted by Crippen LogP contribution is -2.15. The van der Waals surface area contributed by atoms with Gasteiger partial charge in [-0.15, -0.1) is 19.6 Å². The smallest absolute Gasteiger partial charge is 0.144 e. The number of aryl methyl sites for hydroxylation is 8. The van der Waals surface area contributed by atoms with Crippen LogP contribution in [0, 0.1) is 19.6 Å². The molecule has 129 heavy (non-hydrogen) atoms. The van der Waals surface area contributed by atoms with Gasteiger partial charge in [0.1, 0.15) is 30.6 Å². The van der Waals surface area contributed by atoms with Gasteiger partial charge in [-0.25, -0.2) is 19.9 Å². The van der Waals surface area contributed by atoms with E-state index in [9.17, 15) is 19.6 Å². The van der Waals surface area contributed by atoms with Gasteiger partial charge in [0.15, 0.2) is 0 Å². The first kappa shape index (κ1) is 88.5.